The summed E-state index contributed by atoms with van der Waals surface area (Å²) in [6.45, 7) is 4.00. The van der Waals surface area contributed by atoms with Crippen molar-refractivity contribution in [2.24, 2.45) is 0 Å². The fraction of sp³-hybridized carbons (Fsp3) is 0.200. The van der Waals surface area contributed by atoms with Gasteiger partial charge in [0.15, 0.2) is 0 Å². The fourth-order valence-corrected chi connectivity index (χ4v) is 2.44. The molecule has 2 aromatic rings. The number of hydrogen-bond donors (Lipinski definition) is 1. The van der Waals surface area contributed by atoms with E-state index in [9.17, 15) is 18.1 Å². The van der Waals surface area contributed by atoms with Gasteiger partial charge in [-0.3, -0.25) is 0 Å². The molecular weight excluding hydrogens is 292 g/mol. The van der Waals surface area contributed by atoms with Gasteiger partial charge in [-0.05, 0) is 35.4 Å². The summed E-state index contributed by atoms with van der Waals surface area (Å²) in [5.74, 6) is 0.175. The van der Waals surface area contributed by atoms with Crippen molar-refractivity contribution in [1.82, 2.24) is 0 Å². The zero-order valence-electron chi connectivity index (χ0n) is 11.6. The second-order valence-electron chi connectivity index (χ2n) is 5.19. The van der Waals surface area contributed by atoms with Gasteiger partial charge in [0.2, 0.25) is 0 Å². The lowest BCUT2D eigenvalue weighted by molar-refractivity contribution is 0.372. The van der Waals surface area contributed by atoms with E-state index < -0.39 is 10.4 Å². The Hall–Kier alpha value is -2.05. The molecule has 5 nitrogen and oxygen atoms in total. The first-order chi connectivity index (χ1) is 9.68. The molecule has 0 unspecified atom stereocenters. The number of phenolic OH excluding ortho intramolecular Hbond substituents is 1. The molecule has 0 saturated heterocycles. The highest BCUT2D eigenvalue weighted by Crippen LogP contribution is 2.33. The van der Waals surface area contributed by atoms with E-state index in [2.05, 4.69) is 4.18 Å². The molecule has 0 bridgehead atoms. The van der Waals surface area contributed by atoms with Crippen molar-refractivity contribution in [3.8, 4) is 11.5 Å². The van der Waals surface area contributed by atoms with Gasteiger partial charge in [-0.15, -0.1) is 0 Å². The molecule has 21 heavy (non-hydrogen) atoms. The fourth-order valence-electron chi connectivity index (χ4n) is 2.09. The molecule has 1 N–H and O–H groups in total. The van der Waals surface area contributed by atoms with E-state index in [1.165, 1.54) is 12.1 Å². The van der Waals surface area contributed by atoms with Crippen LogP contribution in [-0.2, 0) is 15.8 Å². The Labute approximate surface area is 123 Å². The van der Waals surface area contributed by atoms with Gasteiger partial charge in [-0.25, -0.2) is 8.42 Å². The Morgan fingerprint density at radius 2 is 1.38 bits per heavy atom. The lowest BCUT2D eigenvalue weighted by Gasteiger charge is -2.26. The van der Waals surface area contributed by atoms with Crippen LogP contribution in [0.5, 0.6) is 11.5 Å². The minimum absolute atomic E-state index is 0.0183. The maximum atomic E-state index is 10.5. The quantitative estimate of drug-likeness (QED) is 0.693. The van der Waals surface area contributed by atoms with Crippen molar-refractivity contribution in [3.63, 3.8) is 0 Å². The van der Waals surface area contributed by atoms with E-state index in [0.29, 0.717) is 0 Å². The van der Waals surface area contributed by atoms with E-state index in [0.717, 1.165) is 11.1 Å². The van der Waals surface area contributed by atoms with Gasteiger partial charge in [-0.1, -0.05) is 38.1 Å². The Morgan fingerprint density at radius 1 is 0.952 bits per heavy atom. The van der Waals surface area contributed by atoms with E-state index in [4.69, 9.17) is 0 Å². The predicted octanol–water partition coefficient (Wildman–Crippen LogP) is 2.56. The number of phenols is 1. The van der Waals surface area contributed by atoms with Crippen LogP contribution in [0.1, 0.15) is 25.0 Å². The van der Waals surface area contributed by atoms with Crippen molar-refractivity contribution < 1.29 is 22.3 Å². The normalized spacial score (nSPS) is 12.1. The van der Waals surface area contributed by atoms with E-state index in [1.54, 1.807) is 24.3 Å². The molecule has 0 heterocycles. The van der Waals surface area contributed by atoms with Crippen LogP contribution in [0.3, 0.4) is 0 Å². The second-order valence-corrected chi connectivity index (χ2v) is 6.17. The summed E-state index contributed by atoms with van der Waals surface area (Å²) in [6, 6.07) is 13.1. The van der Waals surface area contributed by atoms with Crippen molar-refractivity contribution in [2.45, 2.75) is 19.3 Å². The van der Waals surface area contributed by atoms with Crippen LogP contribution in [0.25, 0.3) is 0 Å². The molecule has 0 aliphatic heterocycles. The third-order valence-corrected chi connectivity index (χ3v) is 3.76. The molecule has 0 aromatic heterocycles. The minimum atomic E-state index is -4.76. The maximum absolute atomic E-state index is 10.5. The van der Waals surface area contributed by atoms with Crippen molar-refractivity contribution in [3.05, 3.63) is 59.7 Å². The van der Waals surface area contributed by atoms with Gasteiger partial charge in [0.25, 0.3) is 10.4 Å². The molecule has 0 radical (unpaired) electrons. The molecule has 0 saturated carbocycles. The molecule has 0 aliphatic carbocycles. The van der Waals surface area contributed by atoms with Crippen LogP contribution >= 0.6 is 0 Å². The summed E-state index contributed by atoms with van der Waals surface area (Å²) in [5.41, 5.74) is 1.57. The molecule has 0 amide bonds. The summed E-state index contributed by atoms with van der Waals surface area (Å²) in [4.78, 5) is 0. The first kappa shape index (κ1) is 15.3. The van der Waals surface area contributed by atoms with E-state index >= 15 is 0 Å². The molecule has 112 valence electrons. The molecule has 6 heteroatoms. The van der Waals surface area contributed by atoms with Crippen molar-refractivity contribution >= 4 is 10.4 Å². The lowest BCUT2D eigenvalue weighted by atomic mass is 9.78. The van der Waals surface area contributed by atoms with Gasteiger partial charge in [-0.2, -0.15) is 0 Å². The maximum Gasteiger partial charge on any atom is 0.262 e. The summed E-state index contributed by atoms with van der Waals surface area (Å²) < 4.78 is 35.9. The van der Waals surface area contributed by atoms with Crippen molar-refractivity contribution in [2.75, 3.05) is 0 Å². The van der Waals surface area contributed by atoms with E-state index in [-0.39, 0.29) is 16.9 Å². The number of benzene rings is 2. The Balaban J connectivity index is 2.30. The van der Waals surface area contributed by atoms with Gasteiger partial charge < -0.3 is 13.8 Å². The zero-order chi connectivity index (χ0) is 15.7. The zero-order valence-corrected chi connectivity index (χ0v) is 12.4. The number of aromatic hydroxyl groups is 1. The lowest BCUT2D eigenvalue weighted by Crippen LogP contribution is -2.18. The number of rotatable bonds is 4. The highest BCUT2D eigenvalue weighted by molar-refractivity contribution is 7.81. The van der Waals surface area contributed by atoms with E-state index in [1.807, 2.05) is 26.0 Å². The minimum Gasteiger partial charge on any atom is -0.716 e. The molecule has 0 atom stereocenters. The molecule has 0 aliphatic rings. The van der Waals surface area contributed by atoms with Crippen molar-refractivity contribution in [1.29, 1.82) is 0 Å². The summed E-state index contributed by atoms with van der Waals surface area (Å²) >= 11 is 0. The Morgan fingerprint density at radius 3 is 1.81 bits per heavy atom. The largest absolute Gasteiger partial charge is 0.716 e. The highest BCUT2D eigenvalue weighted by Gasteiger charge is 2.23. The summed E-state index contributed by atoms with van der Waals surface area (Å²) in [5, 5.41) is 9.33. The molecule has 0 spiro atoms. The Kier molecular flexibility index (Phi) is 3.93. The molecule has 2 aromatic carbocycles. The average Bonchev–Trinajstić information content (AvgIpc) is 2.38. The molecular formula is C15H15O5S-. The third kappa shape index (κ3) is 3.74. The first-order valence-corrected chi connectivity index (χ1v) is 7.57. The SMILES string of the molecule is CC(C)(c1ccc(O)cc1)c1ccc(OS(=O)(=O)[O-])cc1. The highest BCUT2D eigenvalue weighted by atomic mass is 32.3. The summed E-state index contributed by atoms with van der Waals surface area (Å²) in [7, 11) is -4.76. The number of hydrogen-bond acceptors (Lipinski definition) is 5. The van der Waals surface area contributed by atoms with Crippen LogP contribution in [0.15, 0.2) is 48.5 Å². The van der Waals surface area contributed by atoms with Crippen LogP contribution in [-0.4, -0.2) is 18.1 Å². The van der Waals surface area contributed by atoms with Gasteiger partial charge in [0.05, 0.1) is 0 Å². The predicted molar refractivity (Wildman–Crippen MR) is 77.0 cm³/mol. The van der Waals surface area contributed by atoms with Crippen LogP contribution in [0, 0.1) is 0 Å². The van der Waals surface area contributed by atoms with Crippen LogP contribution in [0.4, 0.5) is 0 Å². The monoisotopic (exact) mass is 307 g/mol. The first-order valence-electron chi connectivity index (χ1n) is 6.24. The summed E-state index contributed by atoms with van der Waals surface area (Å²) in [6.07, 6.45) is 0. The molecule has 0 fully saturated rings. The standard InChI is InChI=1S/C15H16O5S/c1-15(2,11-3-7-13(16)8-4-11)12-5-9-14(10-6-12)20-21(17,18)19/h3-10,16H,1-2H3,(H,17,18,19)/p-1. The Bertz CT molecular complexity index is 716. The average molecular weight is 307 g/mol. The second kappa shape index (κ2) is 5.38. The third-order valence-electron chi connectivity index (χ3n) is 3.36. The van der Waals surface area contributed by atoms with Crippen LogP contribution in [0.2, 0.25) is 0 Å². The smallest absolute Gasteiger partial charge is 0.262 e. The topological polar surface area (TPSA) is 86.7 Å². The van der Waals surface area contributed by atoms with Crippen LogP contribution < -0.4 is 4.18 Å². The molecule has 2 rings (SSSR count). The van der Waals surface area contributed by atoms with Gasteiger partial charge in [0.1, 0.15) is 11.5 Å². The van der Waals surface area contributed by atoms with Gasteiger partial charge in [0, 0.05) is 5.41 Å². The van der Waals surface area contributed by atoms with Gasteiger partial charge >= 0.3 is 0 Å².